The number of carbonyl (C=O) groups excluding carboxylic acids is 1. The molecule has 0 spiro atoms. The van der Waals surface area contributed by atoms with E-state index in [1.807, 2.05) is 25.1 Å². The monoisotopic (exact) mass is 411 g/mol. The van der Waals surface area contributed by atoms with Gasteiger partial charge in [0.15, 0.2) is 6.10 Å². The van der Waals surface area contributed by atoms with Crippen molar-refractivity contribution in [3.63, 3.8) is 0 Å². The van der Waals surface area contributed by atoms with Crippen molar-refractivity contribution in [3.8, 4) is 6.07 Å². The van der Waals surface area contributed by atoms with Crippen molar-refractivity contribution in [1.82, 2.24) is 15.6 Å². The number of amides is 1. The number of anilines is 1. The first-order valence-corrected chi connectivity index (χ1v) is 10.4. The number of alkyl halides is 1. The van der Waals surface area contributed by atoms with Gasteiger partial charge in [0.1, 0.15) is 6.07 Å². The van der Waals surface area contributed by atoms with Crippen LogP contribution in [0.2, 0.25) is 0 Å². The van der Waals surface area contributed by atoms with Gasteiger partial charge in [-0.25, -0.2) is 0 Å². The molecule has 2 aliphatic heterocycles. The zero-order valence-electron chi connectivity index (χ0n) is 17.0. The lowest BCUT2D eigenvalue weighted by molar-refractivity contribution is -0.138. The van der Waals surface area contributed by atoms with E-state index in [4.69, 9.17) is 4.74 Å². The molecule has 8 heteroatoms. The third-order valence-corrected chi connectivity index (χ3v) is 5.91. The standard InChI is InChI=1S/C22H26FN5O2/c1-14-12-28(19-5-4-16(10-24)21-17(19)3-2-7-26-21)13-20(30-14)22(29)27-18-11-25-8-6-15(18)9-23/h2-5,7,14-15,18,20,25H,6,8-9,11-13H2,1H3,(H,27,29)/t14-,15?,18?,20-/m1/s1. The Morgan fingerprint density at radius 1 is 1.43 bits per heavy atom. The summed E-state index contributed by atoms with van der Waals surface area (Å²) in [6, 6.07) is 9.40. The van der Waals surface area contributed by atoms with Gasteiger partial charge in [0.2, 0.25) is 0 Å². The van der Waals surface area contributed by atoms with Crippen LogP contribution in [-0.2, 0) is 9.53 Å². The molecule has 4 rings (SSSR count). The lowest BCUT2D eigenvalue weighted by Gasteiger charge is -2.39. The molecule has 2 aliphatic rings. The van der Waals surface area contributed by atoms with Crippen LogP contribution in [0.25, 0.3) is 10.9 Å². The number of nitrogens with zero attached hydrogens (tertiary/aromatic N) is 3. The predicted octanol–water partition coefficient (Wildman–Crippen LogP) is 1.76. The zero-order chi connectivity index (χ0) is 21.1. The normalized spacial score (nSPS) is 26.9. The van der Waals surface area contributed by atoms with Crippen LogP contribution in [0.1, 0.15) is 18.9 Å². The van der Waals surface area contributed by atoms with Crippen molar-refractivity contribution in [2.24, 2.45) is 5.92 Å². The molecule has 1 aromatic carbocycles. The molecule has 2 aromatic rings. The van der Waals surface area contributed by atoms with Gasteiger partial charge in [0, 0.05) is 42.3 Å². The third-order valence-electron chi connectivity index (χ3n) is 5.91. The molecule has 0 radical (unpaired) electrons. The molecule has 2 unspecified atom stereocenters. The maximum Gasteiger partial charge on any atom is 0.251 e. The summed E-state index contributed by atoms with van der Waals surface area (Å²) in [5.41, 5.74) is 2.09. The Bertz CT molecular complexity index is 962. The summed E-state index contributed by atoms with van der Waals surface area (Å²) >= 11 is 0. The Morgan fingerprint density at radius 3 is 3.10 bits per heavy atom. The number of pyridine rings is 1. The van der Waals surface area contributed by atoms with Crippen molar-refractivity contribution in [2.45, 2.75) is 31.6 Å². The Labute approximate surface area is 175 Å². The average molecular weight is 411 g/mol. The van der Waals surface area contributed by atoms with Crippen LogP contribution < -0.4 is 15.5 Å². The third kappa shape index (κ3) is 4.09. The Morgan fingerprint density at radius 2 is 2.30 bits per heavy atom. The van der Waals surface area contributed by atoms with Crippen LogP contribution in [0, 0.1) is 17.2 Å². The number of hydrogen-bond acceptors (Lipinski definition) is 6. The molecule has 1 aromatic heterocycles. The molecule has 4 atom stereocenters. The first-order valence-electron chi connectivity index (χ1n) is 10.4. The fourth-order valence-corrected chi connectivity index (χ4v) is 4.36. The summed E-state index contributed by atoms with van der Waals surface area (Å²) in [4.78, 5) is 19.4. The molecule has 1 amide bonds. The van der Waals surface area contributed by atoms with Crippen molar-refractivity contribution in [2.75, 3.05) is 37.8 Å². The Balaban J connectivity index is 1.55. The number of morpholine rings is 1. The van der Waals surface area contributed by atoms with E-state index in [2.05, 4.69) is 26.6 Å². The highest BCUT2D eigenvalue weighted by atomic mass is 19.1. The summed E-state index contributed by atoms with van der Waals surface area (Å²) in [5, 5.41) is 16.5. The van der Waals surface area contributed by atoms with Crippen molar-refractivity contribution in [1.29, 1.82) is 5.26 Å². The number of ether oxygens (including phenoxy) is 1. The number of halogens is 1. The second-order valence-electron chi connectivity index (χ2n) is 8.01. The lowest BCUT2D eigenvalue weighted by Crippen LogP contribution is -2.58. The number of benzene rings is 1. The van der Waals surface area contributed by atoms with E-state index in [1.165, 1.54) is 0 Å². The Kier molecular flexibility index (Phi) is 6.11. The molecule has 2 N–H and O–H groups in total. The molecule has 3 heterocycles. The largest absolute Gasteiger partial charge is 0.365 e. The lowest BCUT2D eigenvalue weighted by atomic mass is 9.94. The fourth-order valence-electron chi connectivity index (χ4n) is 4.36. The van der Waals surface area contributed by atoms with E-state index in [0.29, 0.717) is 37.1 Å². The zero-order valence-corrected chi connectivity index (χ0v) is 17.0. The molecule has 0 aliphatic carbocycles. The van der Waals surface area contributed by atoms with Gasteiger partial charge < -0.3 is 20.3 Å². The second kappa shape index (κ2) is 8.94. The molecular weight excluding hydrogens is 385 g/mol. The fraction of sp³-hybridized carbons (Fsp3) is 0.500. The van der Waals surface area contributed by atoms with E-state index < -0.39 is 12.8 Å². The van der Waals surface area contributed by atoms with Crippen LogP contribution >= 0.6 is 0 Å². The molecule has 2 fully saturated rings. The molecule has 0 saturated carbocycles. The quantitative estimate of drug-likeness (QED) is 0.797. The van der Waals surface area contributed by atoms with Crippen LogP contribution in [-0.4, -0.2) is 62.0 Å². The molecule has 30 heavy (non-hydrogen) atoms. The molecule has 7 nitrogen and oxygen atoms in total. The van der Waals surface area contributed by atoms with Crippen LogP contribution in [0.5, 0.6) is 0 Å². The number of aromatic nitrogens is 1. The van der Waals surface area contributed by atoms with Crippen molar-refractivity contribution >= 4 is 22.5 Å². The number of nitriles is 1. The maximum atomic E-state index is 13.3. The van der Waals surface area contributed by atoms with E-state index in [-0.39, 0.29) is 24.0 Å². The van der Waals surface area contributed by atoms with Crippen molar-refractivity contribution in [3.05, 3.63) is 36.0 Å². The van der Waals surface area contributed by atoms with E-state index in [9.17, 15) is 14.4 Å². The van der Waals surface area contributed by atoms with Crippen LogP contribution in [0.3, 0.4) is 0 Å². The van der Waals surface area contributed by atoms with E-state index in [0.717, 1.165) is 17.6 Å². The topological polar surface area (TPSA) is 90.3 Å². The average Bonchev–Trinajstić information content (AvgIpc) is 2.78. The summed E-state index contributed by atoms with van der Waals surface area (Å²) in [6.45, 7) is 3.84. The number of nitrogens with one attached hydrogen (secondary N) is 2. The van der Waals surface area contributed by atoms with Gasteiger partial charge >= 0.3 is 0 Å². The second-order valence-corrected chi connectivity index (χ2v) is 8.01. The predicted molar refractivity (Wildman–Crippen MR) is 112 cm³/mol. The highest BCUT2D eigenvalue weighted by molar-refractivity contribution is 5.95. The molecule has 158 valence electrons. The van der Waals surface area contributed by atoms with Gasteiger partial charge in [-0.3, -0.25) is 14.2 Å². The minimum absolute atomic E-state index is 0.154. The van der Waals surface area contributed by atoms with Gasteiger partial charge in [0.05, 0.1) is 30.4 Å². The SMILES string of the molecule is C[C@@H]1CN(c2ccc(C#N)c3ncccc23)C[C@H](C(=O)NC2CNCCC2CF)O1. The van der Waals surface area contributed by atoms with E-state index in [1.54, 1.807) is 12.3 Å². The first-order chi connectivity index (χ1) is 14.6. The smallest absolute Gasteiger partial charge is 0.251 e. The van der Waals surface area contributed by atoms with Gasteiger partial charge in [-0.15, -0.1) is 0 Å². The Hall–Kier alpha value is -2.76. The van der Waals surface area contributed by atoms with Gasteiger partial charge in [0.25, 0.3) is 5.91 Å². The number of carbonyl (C=O) groups is 1. The van der Waals surface area contributed by atoms with Crippen LogP contribution in [0.4, 0.5) is 10.1 Å². The highest BCUT2D eigenvalue weighted by Crippen LogP contribution is 2.30. The summed E-state index contributed by atoms with van der Waals surface area (Å²) in [6.07, 6.45) is 1.57. The van der Waals surface area contributed by atoms with Gasteiger partial charge in [-0.1, -0.05) is 0 Å². The van der Waals surface area contributed by atoms with Crippen molar-refractivity contribution < 1.29 is 13.9 Å². The molecule has 0 bridgehead atoms. The summed E-state index contributed by atoms with van der Waals surface area (Å²) in [7, 11) is 0. The van der Waals surface area contributed by atoms with Gasteiger partial charge in [-0.2, -0.15) is 5.26 Å². The molecular formula is C22H26FN5O2. The highest BCUT2D eigenvalue weighted by Gasteiger charge is 2.34. The summed E-state index contributed by atoms with van der Waals surface area (Å²) in [5.74, 6) is -0.379. The van der Waals surface area contributed by atoms with Crippen LogP contribution in [0.15, 0.2) is 30.5 Å². The van der Waals surface area contributed by atoms with Gasteiger partial charge in [-0.05, 0) is 44.2 Å². The first kappa shape index (κ1) is 20.5. The number of fused-ring (bicyclic) bond motifs is 1. The summed E-state index contributed by atoms with van der Waals surface area (Å²) < 4.78 is 19.3. The molecule has 2 saturated heterocycles. The number of piperidine rings is 1. The number of hydrogen-bond donors (Lipinski definition) is 2. The number of rotatable bonds is 4. The maximum absolute atomic E-state index is 13.3. The van der Waals surface area contributed by atoms with E-state index >= 15 is 0 Å². The minimum Gasteiger partial charge on any atom is -0.365 e. The minimum atomic E-state index is -0.654.